The molecule has 1 saturated heterocycles. The number of methoxy groups -OCH3 is 1. The number of hydrogen-bond donors (Lipinski definition) is 1. The van der Waals surface area contributed by atoms with Crippen LogP contribution in [-0.4, -0.2) is 52.0 Å². The number of carbonyl (C=O) groups is 3. The number of nitrogens with one attached hydrogen (secondary N) is 1. The lowest BCUT2D eigenvalue weighted by Gasteiger charge is -2.28. The maximum atomic E-state index is 13.3. The average molecular weight is 506 g/mol. The number of amides is 1. The van der Waals surface area contributed by atoms with E-state index in [4.69, 9.17) is 9.47 Å². The first kappa shape index (κ1) is 26.4. The topological polar surface area (TPSA) is 102 Å². The number of carbonyl (C=O) groups excluding carboxylic acids is 3. The summed E-state index contributed by atoms with van der Waals surface area (Å²) in [6.07, 6.45) is 3.36. The summed E-state index contributed by atoms with van der Waals surface area (Å²) >= 11 is 0. The maximum Gasteiger partial charge on any atom is 0.339 e. The van der Waals surface area contributed by atoms with Crippen LogP contribution in [-0.2, 0) is 19.1 Å². The third kappa shape index (κ3) is 5.53. The van der Waals surface area contributed by atoms with Gasteiger partial charge in [0.05, 0.1) is 30.6 Å². The lowest BCUT2D eigenvalue weighted by Crippen LogP contribution is -2.42. The second-order valence-electron chi connectivity index (χ2n) is 10.9. The fourth-order valence-electron chi connectivity index (χ4n) is 4.89. The minimum absolute atomic E-state index is 0.170. The van der Waals surface area contributed by atoms with Crippen molar-refractivity contribution in [1.29, 1.82) is 0 Å². The first-order valence-corrected chi connectivity index (χ1v) is 12.7. The zero-order valence-corrected chi connectivity index (χ0v) is 22.3. The van der Waals surface area contributed by atoms with Gasteiger partial charge in [-0.05, 0) is 62.4 Å². The molecule has 1 amide bonds. The van der Waals surface area contributed by atoms with E-state index in [1.807, 2.05) is 65.0 Å². The van der Waals surface area contributed by atoms with Gasteiger partial charge in [-0.2, -0.15) is 0 Å². The highest BCUT2D eigenvalue weighted by Crippen LogP contribution is 2.34. The van der Waals surface area contributed by atoms with Crippen LogP contribution < -0.4 is 0 Å². The number of nitrogens with zero attached hydrogens (tertiary/aromatic N) is 2. The monoisotopic (exact) mass is 505 g/mol. The van der Waals surface area contributed by atoms with Crippen molar-refractivity contribution in [1.82, 2.24) is 14.9 Å². The molecular weight excluding hydrogens is 470 g/mol. The molecule has 3 aromatic rings. The zero-order chi connectivity index (χ0) is 26.9. The van der Waals surface area contributed by atoms with Gasteiger partial charge in [0, 0.05) is 12.1 Å². The van der Waals surface area contributed by atoms with Crippen LogP contribution in [0.15, 0.2) is 42.6 Å². The number of esters is 2. The third-order valence-electron chi connectivity index (χ3n) is 6.65. The van der Waals surface area contributed by atoms with E-state index in [9.17, 15) is 14.4 Å². The SMILES string of the molecule is COC(=O)C(C(=O)N1CCCC1c1ncc(-c2ccc3c(C(=O)OC(C)(C)C)cccc3c2)[nH]1)C(C)C. The molecule has 1 aromatic heterocycles. The fraction of sp³-hybridized carbons (Fsp3) is 0.448. The summed E-state index contributed by atoms with van der Waals surface area (Å²) in [5.74, 6) is -1.39. The third-order valence-corrected chi connectivity index (χ3v) is 6.65. The molecule has 2 unspecified atom stereocenters. The molecule has 2 aromatic carbocycles. The van der Waals surface area contributed by atoms with Crippen LogP contribution in [0, 0.1) is 11.8 Å². The lowest BCUT2D eigenvalue weighted by molar-refractivity contribution is -0.156. The van der Waals surface area contributed by atoms with Crippen LogP contribution in [0.2, 0.25) is 0 Å². The van der Waals surface area contributed by atoms with E-state index < -0.39 is 17.5 Å². The van der Waals surface area contributed by atoms with Crippen molar-refractivity contribution in [3.63, 3.8) is 0 Å². The molecule has 0 spiro atoms. The van der Waals surface area contributed by atoms with Crippen LogP contribution in [0.4, 0.5) is 0 Å². The quantitative estimate of drug-likeness (QED) is 0.361. The van der Waals surface area contributed by atoms with Crippen molar-refractivity contribution < 1.29 is 23.9 Å². The number of hydrogen-bond acceptors (Lipinski definition) is 6. The first-order chi connectivity index (χ1) is 17.5. The number of benzene rings is 2. The van der Waals surface area contributed by atoms with E-state index in [1.54, 1.807) is 17.2 Å². The summed E-state index contributed by atoms with van der Waals surface area (Å²) in [5.41, 5.74) is 1.67. The van der Waals surface area contributed by atoms with E-state index in [0.717, 1.165) is 34.9 Å². The fourth-order valence-corrected chi connectivity index (χ4v) is 4.89. The number of rotatable bonds is 6. The minimum atomic E-state index is -0.834. The predicted molar refractivity (Wildman–Crippen MR) is 141 cm³/mol. The Morgan fingerprint density at radius 1 is 1.14 bits per heavy atom. The largest absolute Gasteiger partial charge is 0.468 e. The van der Waals surface area contributed by atoms with Gasteiger partial charge >= 0.3 is 11.9 Å². The molecule has 2 atom stereocenters. The maximum absolute atomic E-state index is 13.3. The number of fused-ring (bicyclic) bond motifs is 1. The highest BCUT2D eigenvalue weighted by molar-refractivity contribution is 6.05. The minimum Gasteiger partial charge on any atom is -0.468 e. The highest BCUT2D eigenvalue weighted by Gasteiger charge is 2.40. The van der Waals surface area contributed by atoms with Gasteiger partial charge in [-0.1, -0.05) is 38.1 Å². The Labute approximate surface area is 217 Å². The van der Waals surface area contributed by atoms with Gasteiger partial charge in [0.1, 0.15) is 17.3 Å². The Kier molecular flexibility index (Phi) is 7.39. The van der Waals surface area contributed by atoms with E-state index in [1.165, 1.54) is 7.11 Å². The van der Waals surface area contributed by atoms with Crippen LogP contribution in [0.25, 0.3) is 22.0 Å². The van der Waals surface area contributed by atoms with Crippen molar-refractivity contribution >= 4 is 28.6 Å². The highest BCUT2D eigenvalue weighted by atomic mass is 16.6. The van der Waals surface area contributed by atoms with Crippen molar-refractivity contribution in [2.24, 2.45) is 11.8 Å². The van der Waals surface area contributed by atoms with E-state index in [0.29, 0.717) is 17.9 Å². The Hall–Kier alpha value is -3.68. The molecule has 4 rings (SSSR count). The van der Waals surface area contributed by atoms with E-state index in [2.05, 4.69) is 9.97 Å². The Morgan fingerprint density at radius 2 is 1.89 bits per heavy atom. The van der Waals surface area contributed by atoms with Crippen molar-refractivity contribution in [3.05, 3.63) is 54.0 Å². The van der Waals surface area contributed by atoms with Crippen LogP contribution in [0.5, 0.6) is 0 Å². The number of ether oxygens (including phenoxy) is 2. The second-order valence-corrected chi connectivity index (χ2v) is 10.9. The molecule has 0 radical (unpaired) electrons. The van der Waals surface area contributed by atoms with Gasteiger partial charge in [-0.25, -0.2) is 9.78 Å². The predicted octanol–water partition coefficient (Wildman–Crippen LogP) is 5.29. The summed E-state index contributed by atoms with van der Waals surface area (Å²) < 4.78 is 10.5. The summed E-state index contributed by atoms with van der Waals surface area (Å²) in [6, 6.07) is 11.2. The van der Waals surface area contributed by atoms with Gasteiger partial charge in [0.25, 0.3) is 0 Å². The van der Waals surface area contributed by atoms with Crippen LogP contribution >= 0.6 is 0 Å². The normalized spacial score (nSPS) is 16.7. The number of aromatic amines is 1. The van der Waals surface area contributed by atoms with Crippen LogP contribution in [0.1, 0.15) is 69.7 Å². The standard InChI is InChI=1S/C29H35N3O5/c1-17(2)24(28(35)36-6)26(33)32-14-8-11-23(32)25-30-16-22(31-25)19-12-13-20-18(15-19)9-7-10-21(20)27(34)37-29(3,4)5/h7,9-10,12-13,15-17,23-24H,8,11,14H2,1-6H3,(H,30,31). The van der Waals surface area contributed by atoms with Gasteiger partial charge in [-0.15, -0.1) is 0 Å². The molecule has 196 valence electrons. The van der Waals surface area contributed by atoms with E-state index >= 15 is 0 Å². The van der Waals surface area contributed by atoms with Crippen LogP contribution in [0.3, 0.4) is 0 Å². The smallest absolute Gasteiger partial charge is 0.339 e. The molecule has 8 heteroatoms. The Morgan fingerprint density at radius 3 is 2.57 bits per heavy atom. The zero-order valence-electron chi connectivity index (χ0n) is 22.3. The molecule has 1 N–H and O–H groups in total. The number of aromatic nitrogens is 2. The van der Waals surface area contributed by atoms with Crippen molar-refractivity contribution in [3.8, 4) is 11.3 Å². The number of H-pyrrole nitrogens is 1. The molecule has 37 heavy (non-hydrogen) atoms. The summed E-state index contributed by atoms with van der Waals surface area (Å²) in [5, 5.41) is 1.72. The number of imidazole rings is 1. The van der Waals surface area contributed by atoms with Gasteiger partial charge in [-0.3, -0.25) is 9.59 Å². The van der Waals surface area contributed by atoms with Gasteiger partial charge < -0.3 is 19.4 Å². The molecule has 8 nitrogen and oxygen atoms in total. The van der Waals surface area contributed by atoms with Gasteiger partial charge in [0.15, 0.2) is 0 Å². The molecule has 2 heterocycles. The van der Waals surface area contributed by atoms with Crippen molar-refractivity contribution in [2.45, 2.75) is 59.1 Å². The Balaban J connectivity index is 1.60. The first-order valence-electron chi connectivity index (χ1n) is 12.7. The lowest BCUT2D eigenvalue weighted by atomic mass is 9.94. The molecule has 1 fully saturated rings. The summed E-state index contributed by atoms with van der Waals surface area (Å²) in [7, 11) is 1.31. The molecule has 0 aliphatic carbocycles. The molecule has 0 saturated carbocycles. The molecular formula is C29H35N3O5. The van der Waals surface area contributed by atoms with Gasteiger partial charge in [0.2, 0.25) is 5.91 Å². The molecule has 1 aliphatic heterocycles. The second kappa shape index (κ2) is 10.4. The average Bonchev–Trinajstić information content (AvgIpc) is 3.51. The van der Waals surface area contributed by atoms with E-state index in [-0.39, 0.29) is 23.8 Å². The summed E-state index contributed by atoms with van der Waals surface area (Å²) in [4.78, 5) is 48.1. The molecule has 1 aliphatic rings. The van der Waals surface area contributed by atoms with Crippen molar-refractivity contribution in [2.75, 3.05) is 13.7 Å². The Bertz CT molecular complexity index is 1320. The summed E-state index contributed by atoms with van der Waals surface area (Å²) in [6.45, 7) is 9.82. The molecule has 0 bridgehead atoms. The number of likely N-dealkylation sites (tertiary alicyclic amines) is 1.